The van der Waals surface area contributed by atoms with Gasteiger partial charge in [0.25, 0.3) is 0 Å². The molecule has 2 nitrogen and oxygen atoms in total. The van der Waals surface area contributed by atoms with Gasteiger partial charge in [-0.1, -0.05) is 24.3 Å². The second-order valence-corrected chi connectivity index (χ2v) is 5.74. The minimum absolute atomic E-state index is 0.426. The van der Waals surface area contributed by atoms with Crippen molar-refractivity contribution in [2.75, 3.05) is 12.4 Å². The molecular weight excluding hydrogens is 321 g/mol. The van der Waals surface area contributed by atoms with Gasteiger partial charge in [-0.15, -0.1) is 0 Å². The van der Waals surface area contributed by atoms with Crippen LogP contribution in [0.25, 0.3) is 0 Å². The lowest BCUT2D eigenvalue weighted by molar-refractivity contribution is -0.137. The maximum atomic E-state index is 12.5. The standard InChI is InChI=1S/C17H17F3N2S/c1-12-4-3-5-15(10-12)21-16(23)22(2)11-13-6-8-14(9-7-13)17(18,19)20/h3-10H,11H2,1-2H3,(H,21,23). The largest absolute Gasteiger partial charge is 0.416 e. The number of alkyl halides is 3. The van der Waals surface area contributed by atoms with Crippen molar-refractivity contribution in [2.24, 2.45) is 0 Å². The van der Waals surface area contributed by atoms with E-state index in [0.29, 0.717) is 11.7 Å². The Morgan fingerprint density at radius 2 is 1.78 bits per heavy atom. The van der Waals surface area contributed by atoms with Gasteiger partial charge < -0.3 is 10.2 Å². The summed E-state index contributed by atoms with van der Waals surface area (Å²) in [6.45, 7) is 2.41. The number of nitrogens with one attached hydrogen (secondary N) is 1. The third-order valence-corrected chi connectivity index (χ3v) is 3.73. The van der Waals surface area contributed by atoms with Gasteiger partial charge in [-0.25, -0.2) is 0 Å². The number of aryl methyl sites for hydroxylation is 1. The van der Waals surface area contributed by atoms with E-state index in [4.69, 9.17) is 12.2 Å². The number of hydrogen-bond acceptors (Lipinski definition) is 1. The second kappa shape index (κ2) is 7.00. The summed E-state index contributed by atoms with van der Waals surface area (Å²) >= 11 is 5.32. The Morgan fingerprint density at radius 3 is 2.35 bits per heavy atom. The third-order valence-electron chi connectivity index (χ3n) is 3.32. The van der Waals surface area contributed by atoms with Crippen LogP contribution in [-0.4, -0.2) is 17.1 Å². The normalized spacial score (nSPS) is 11.2. The van der Waals surface area contributed by atoms with E-state index in [9.17, 15) is 13.2 Å². The van der Waals surface area contributed by atoms with Gasteiger partial charge in [-0.2, -0.15) is 13.2 Å². The van der Waals surface area contributed by atoms with E-state index < -0.39 is 11.7 Å². The maximum absolute atomic E-state index is 12.5. The van der Waals surface area contributed by atoms with Gasteiger partial charge in [0, 0.05) is 19.3 Å². The van der Waals surface area contributed by atoms with E-state index in [1.54, 1.807) is 11.9 Å². The molecule has 122 valence electrons. The molecule has 0 spiro atoms. The van der Waals surface area contributed by atoms with Crippen LogP contribution in [0.4, 0.5) is 18.9 Å². The second-order valence-electron chi connectivity index (χ2n) is 5.35. The molecule has 0 amide bonds. The first-order chi connectivity index (χ1) is 10.8. The number of hydrogen-bond donors (Lipinski definition) is 1. The number of benzene rings is 2. The number of halogens is 3. The molecular formula is C17H17F3N2S. The van der Waals surface area contributed by atoms with E-state index in [1.165, 1.54) is 12.1 Å². The molecule has 1 N–H and O–H groups in total. The highest BCUT2D eigenvalue weighted by Crippen LogP contribution is 2.29. The first-order valence-electron chi connectivity index (χ1n) is 7.00. The Hall–Kier alpha value is -2.08. The highest BCUT2D eigenvalue weighted by atomic mass is 32.1. The van der Waals surface area contributed by atoms with Crippen LogP contribution in [0.15, 0.2) is 48.5 Å². The highest BCUT2D eigenvalue weighted by Gasteiger charge is 2.29. The molecule has 0 aliphatic carbocycles. The van der Waals surface area contributed by atoms with Crippen molar-refractivity contribution in [3.8, 4) is 0 Å². The zero-order valence-electron chi connectivity index (χ0n) is 12.8. The molecule has 0 saturated carbocycles. The van der Waals surface area contributed by atoms with Gasteiger partial charge >= 0.3 is 6.18 Å². The summed E-state index contributed by atoms with van der Waals surface area (Å²) in [5, 5.41) is 3.63. The highest BCUT2D eigenvalue weighted by molar-refractivity contribution is 7.80. The molecule has 0 aliphatic rings. The zero-order valence-corrected chi connectivity index (χ0v) is 13.6. The molecule has 2 aromatic carbocycles. The van der Waals surface area contributed by atoms with Crippen molar-refractivity contribution in [1.29, 1.82) is 0 Å². The van der Waals surface area contributed by atoms with Crippen LogP contribution in [0.2, 0.25) is 0 Å². The van der Waals surface area contributed by atoms with E-state index in [0.717, 1.165) is 28.9 Å². The van der Waals surface area contributed by atoms with Crippen LogP contribution in [0.5, 0.6) is 0 Å². The Balaban J connectivity index is 1.98. The molecule has 0 aromatic heterocycles. The Morgan fingerprint density at radius 1 is 1.13 bits per heavy atom. The van der Waals surface area contributed by atoms with Crippen molar-refractivity contribution >= 4 is 23.0 Å². The van der Waals surface area contributed by atoms with Crippen molar-refractivity contribution in [3.63, 3.8) is 0 Å². The molecule has 0 unspecified atom stereocenters. The zero-order chi connectivity index (χ0) is 17.0. The fourth-order valence-corrected chi connectivity index (χ4v) is 2.27. The number of thiocarbonyl (C=S) groups is 1. The summed E-state index contributed by atoms with van der Waals surface area (Å²) in [5.74, 6) is 0. The van der Waals surface area contributed by atoms with Crippen LogP contribution in [0.1, 0.15) is 16.7 Å². The first kappa shape index (κ1) is 17.3. The maximum Gasteiger partial charge on any atom is 0.416 e. The SMILES string of the molecule is Cc1cccc(NC(=S)N(C)Cc2ccc(C(F)(F)F)cc2)c1. The quantitative estimate of drug-likeness (QED) is 0.806. The van der Waals surface area contributed by atoms with Crippen LogP contribution in [0.3, 0.4) is 0 Å². The molecule has 2 aromatic rings. The van der Waals surface area contributed by atoms with Gasteiger partial charge in [-0.3, -0.25) is 0 Å². The van der Waals surface area contributed by atoms with E-state index in [1.807, 2.05) is 31.2 Å². The molecule has 6 heteroatoms. The van der Waals surface area contributed by atoms with E-state index in [-0.39, 0.29) is 0 Å². The lowest BCUT2D eigenvalue weighted by atomic mass is 10.1. The third kappa shape index (κ3) is 4.96. The molecule has 0 atom stereocenters. The summed E-state index contributed by atoms with van der Waals surface area (Å²) in [6.07, 6.45) is -4.31. The molecule has 0 saturated heterocycles. The average Bonchev–Trinajstić information content (AvgIpc) is 2.46. The fraction of sp³-hybridized carbons (Fsp3) is 0.235. The van der Waals surface area contributed by atoms with Gasteiger partial charge in [-0.05, 0) is 54.5 Å². The Labute approximate surface area is 138 Å². The topological polar surface area (TPSA) is 15.3 Å². The van der Waals surface area contributed by atoms with Crippen molar-refractivity contribution in [3.05, 3.63) is 65.2 Å². The summed E-state index contributed by atoms with van der Waals surface area (Å²) < 4.78 is 37.6. The van der Waals surface area contributed by atoms with Gasteiger partial charge in [0.2, 0.25) is 0 Å². The van der Waals surface area contributed by atoms with E-state index >= 15 is 0 Å². The number of rotatable bonds is 3. The predicted octanol–water partition coefficient (Wildman–Crippen LogP) is 4.84. The minimum Gasteiger partial charge on any atom is -0.348 e. The van der Waals surface area contributed by atoms with Gasteiger partial charge in [0.15, 0.2) is 5.11 Å². The molecule has 0 bridgehead atoms. The molecule has 0 radical (unpaired) electrons. The summed E-state index contributed by atoms with van der Waals surface area (Å²) in [6, 6.07) is 12.9. The molecule has 0 aliphatic heterocycles. The fourth-order valence-electron chi connectivity index (χ4n) is 2.09. The molecule has 0 heterocycles. The lowest BCUT2D eigenvalue weighted by Gasteiger charge is -2.21. The van der Waals surface area contributed by atoms with Gasteiger partial charge in [0.1, 0.15) is 0 Å². The minimum atomic E-state index is -4.31. The lowest BCUT2D eigenvalue weighted by Crippen LogP contribution is -2.30. The van der Waals surface area contributed by atoms with Crippen LogP contribution in [0, 0.1) is 6.92 Å². The smallest absolute Gasteiger partial charge is 0.348 e. The number of anilines is 1. The Kier molecular flexibility index (Phi) is 5.26. The summed E-state index contributed by atoms with van der Waals surface area (Å²) in [5.41, 5.74) is 2.11. The van der Waals surface area contributed by atoms with Gasteiger partial charge in [0.05, 0.1) is 5.56 Å². The average molecular weight is 338 g/mol. The van der Waals surface area contributed by atoms with Crippen molar-refractivity contribution in [1.82, 2.24) is 4.90 Å². The van der Waals surface area contributed by atoms with Crippen LogP contribution in [-0.2, 0) is 12.7 Å². The van der Waals surface area contributed by atoms with Crippen molar-refractivity contribution < 1.29 is 13.2 Å². The van der Waals surface area contributed by atoms with Crippen LogP contribution >= 0.6 is 12.2 Å². The van der Waals surface area contributed by atoms with Crippen LogP contribution < -0.4 is 5.32 Å². The first-order valence-corrected chi connectivity index (χ1v) is 7.41. The van der Waals surface area contributed by atoms with E-state index in [2.05, 4.69) is 5.32 Å². The molecule has 0 fully saturated rings. The monoisotopic (exact) mass is 338 g/mol. The molecule has 2 rings (SSSR count). The molecule has 23 heavy (non-hydrogen) atoms. The van der Waals surface area contributed by atoms with Crippen molar-refractivity contribution in [2.45, 2.75) is 19.6 Å². The predicted molar refractivity (Wildman–Crippen MR) is 90.3 cm³/mol. The Bertz CT molecular complexity index is 681. The summed E-state index contributed by atoms with van der Waals surface area (Å²) in [4.78, 5) is 1.78. The summed E-state index contributed by atoms with van der Waals surface area (Å²) in [7, 11) is 1.79. The number of nitrogens with zero attached hydrogens (tertiary/aromatic N) is 1.